The van der Waals surface area contributed by atoms with E-state index in [1.807, 2.05) is 0 Å². The van der Waals surface area contributed by atoms with Crippen molar-refractivity contribution in [3.63, 3.8) is 0 Å². The van der Waals surface area contributed by atoms with Crippen molar-refractivity contribution >= 4 is 45.6 Å². The molecule has 5 nitrogen and oxygen atoms in total. The number of carbonyl (C=O) groups is 2. The average molecular weight is 405 g/mol. The number of rotatable bonds is 5. The molecule has 2 aromatic carbocycles. The summed E-state index contributed by atoms with van der Waals surface area (Å²) in [7, 11) is 0. The Morgan fingerprint density at radius 1 is 1.19 bits per heavy atom. The second-order valence-corrected chi connectivity index (χ2v) is 6.73. The predicted octanol–water partition coefficient (Wildman–Crippen LogP) is 4.98. The Morgan fingerprint density at radius 3 is 2.59 bits per heavy atom. The van der Waals surface area contributed by atoms with Crippen molar-refractivity contribution < 1.29 is 18.7 Å². The van der Waals surface area contributed by atoms with Crippen LogP contribution in [0.3, 0.4) is 0 Å². The van der Waals surface area contributed by atoms with Crippen LogP contribution in [0.5, 0.6) is 0 Å². The molecule has 0 saturated heterocycles. The van der Waals surface area contributed by atoms with Gasteiger partial charge >= 0.3 is 5.97 Å². The lowest BCUT2D eigenvalue weighted by Crippen LogP contribution is -2.23. The molecule has 1 amide bonds. The molecule has 0 saturated carbocycles. The molecule has 0 aliphatic carbocycles. The number of hydrogen-bond donors (Lipinski definition) is 0. The maximum Gasteiger partial charge on any atom is 0.340 e. The second kappa shape index (κ2) is 8.28. The van der Waals surface area contributed by atoms with Gasteiger partial charge in [0.2, 0.25) is 5.91 Å². The van der Waals surface area contributed by atoms with Gasteiger partial charge in [0.05, 0.1) is 22.0 Å². The summed E-state index contributed by atoms with van der Waals surface area (Å²) in [5.74, 6) is -1.49. The number of carbonyl (C=O) groups excluding carboxylic acids is 2. The highest BCUT2D eigenvalue weighted by molar-refractivity contribution is 7.14. The van der Waals surface area contributed by atoms with Gasteiger partial charge in [0.15, 0.2) is 5.13 Å². The van der Waals surface area contributed by atoms with E-state index < -0.39 is 11.8 Å². The Kier molecular flexibility index (Phi) is 5.83. The molecule has 0 N–H and O–H groups in total. The third-order valence-electron chi connectivity index (χ3n) is 3.58. The molecule has 1 aromatic heterocycles. The van der Waals surface area contributed by atoms with E-state index in [1.54, 1.807) is 41.8 Å². The number of amides is 1. The minimum absolute atomic E-state index is 0.0937. The van der Waals surface area contributed by atoms with Gasteiger partial charge in [-0.3, -0.25) is 9.69 Å². The molecular formula is C19H14ClFN2O3S. The molecule has 27 heavy (non-hydrogen) atoms. The molecule has 138 valence electrons. The molecule has 0 fully saturated rings. The van der Waals surface area contributed by atoms with Crippen molar-refractivity contribution in [3.05, 3.63) is 76.0 Å². The minimum atomic E-state index is -0.576. The van der Waals surface area contributed by atoms with E-state index in [0.29, 0.717) is 10.7 Å². The van der Waals surface area contributed by atoms with Crippen molar-refractivity contribution in [3.8, 4) is 0 Å². The lowest BCUT2D eigenvalue weighted by atomic mass is 10.2. The summed E-state index contributed by atoms with van der Waals surface area (Å²) in [5, 5.41) is 2.23. The Labute approximate surface area is 164 Å². The van der Waals surface area contributed by atoms with Gasteiger partial charge in [0.25, 0.3) is 0 Å². The lowest BCUT2D eigenvalue weighted by Gasteiger charge is -2.18. The SMILES string of the molecule is CC(=O)N(c1nc(COC(=O)c2ccccc2Cl)cs1)c1ccccc1F. The molecule has 8 heteroatoms. The smallest absolute Gasteiger partial charge is 0.340 e. The molecule has 0 radical (unpaired) electrons. The highest BCUT2D eigenvalue weighted by Crippen LogP contribution is 2.31. The monoisotopic (exact) mass is 404 g/mol. The van der Waals surface area contributed by atoms with Gasteiger partial charge in [-0.1, -0.05) is 35.9 Å². The zero-order valence-electron chi connectivity index (χ0n) is 14.2. The predicted molar refractivity (Wildman–Crippen MR) is 102 cm³/mol. The largest absolute Gasteiger partial charge is 0.456 e. The van der Waals surface area contributed by atoms with Gasteiger partial charge in [-0.05, 0) is 24.3 Å². The maximum absolute atomic E-state index is 14.1. The number of halogens is 2. The summed E-state index contributed by atoms with van der Waals surface area (Å²) in [4.78, 5) is 29.6. The maximum atomic E-state index is 14.1. The fraction of sp³-hybridized carbons (Fsp3) is 0.105. The molecule has 3 aromatic rings. The Balaban J connectivity index is 1.76. The Hall–Kier alpha value is -2.77. The standard InChI is InChI=1S/C19H14ClFN2O3S/c1-12(24)23(17-9-5-4-8-16(17)21)19-22-13(11-27-19)10-26-18(25)14-6-2-3-7-15(14)20/h2-9,11H,10H2,1H3. The Morgan fingerprint density at radius 2 is 1.89 bits per heavy atom. The topological polar surface area (TPSA) is 59.5 Å². The van der Waals surface area contributed by atoms with E-state index in [1.165, 1.54) is 24.0 Å². The first kappa shape index (κ1) is 19.0. The van der Waals surface area contributed by atoms with Crippen molar-refractivity contribution in [2.24, 2.45) is 0 Å². The van der Waals surface area contributed by atoms with Crippen molar-refractivity contribution in [2.45, 2.75) is 13.5 Å². The van der Waals surface area contributed by atoms with Gasteiger partial charge < -0.3 is 4.74 Å². The molecule has 0 aliphatic rings. The summed E-state index contributed by atoms with van der Waals surface area (Å²) in [6.45, 7) is 1.23. The van der Waals surface area contributed by atoms with Crippen LogP contribution in [-0.2, 0) is 16.1 Å². The van der Waals surface area contributed by atoms with Gasteiger partial charge in [0.1, 0.15) is 12.4 Å². The molecule has 1 heterocycles. The van der Waals surface area contributed by atoms with E-state index in [9.17, 15) is 14.0 Å². The van der Waals surface area contributed by atoms with Gasteiger partial charge in [-0.15, -0.1) is 11.3 Å². The number of anilines is 2. The third kappa shape index (κ3) is 4.32. The molecule has 0 aliphatic heterocycles. The fourth-order valence-corrected chi connectivity index (χ4v) is 3.43. The van der Waals surface area contributed by atoms with Crippen molar-refractivity contribution in [2.75, 3.05) is 4.90 Å². The summed E-state index contributed by atoms with van der Waals surface area (Å²) in [5.41, 5.74) is 0.809. The first-order valence-corrected chi connectivity index (χ1v) is 9.14. The van der Waals surface area contributed by atoms with Crippen LogP contribution in [-0.4, -0.2) is 16.9 Å². The number of benzene rings is 2. The Bertz CT molecular complexity index is 992. The minimum Gasteiger partial charge on any atom is -0.456 e. The number of hydrogen-bond acceptors (Lipinski definition) is 5. The molecule has 3 rings (SSSR count). The van der Waals surface area contributed by atoms with E-state index in [2.05, 4.69) is 4.98 Å². The molecule has 0 bridgehead atoms. The van der Waals surface area contributed by atoms with Gasteiger partial charge in [0, 0.05) is 12.3 Å². The van der Waals surface area contributed by atoms with E-state index >= 15 is 0 Å². The number of ether oxygens (including phenoxy) is 1. The van der Waals surface area contributed by atoms with Crippen LogP contribution in [0, 0.1) is 5.82 Å². The molecule has 0 unspecified atom stereocenters. The lowest BCUT2D eigenvalue weighted by molar-refractivity contribution is -0.115. The number of esters is 1. The summed E-state index contributed by atoms with van der Waals surface area (Å²) < 4.78 is 19.3. The van der Waals surface area contributed by atoms with Crippen molar-refractivity contribution in [1.29, 1.82) is 0 Å². The highest BCUT2D eigenvalue weighted by atomic mass is 35.5. The fourth-order valence-electron chi connectivity index (χ4n) is 2.35. The van der Waals surface area contributed by atoms with Crippen LogP contribution in [0.25, 0.3) is 0 Å². The first-order chi connectivity index (χ1) is 13.0. The summed E-state index contributed by atoms with van der Waals surface area (Å²) >= 11 is 7.12. The van der Waals surface area contributed by atoms with Crippen LogP contribution in [0.1, 0.15) is 23.0 Å². The average Bonchev–Trinajstić information content (AvgIpc) is 3.10. The molecule has 0 atom stereocenters. The van der Waals surface area contributed by atoms with Crippen LogP contribution < -0.4 is 4.90 Å². The van der Waals surface area contributed by atoms with Crippen molar-refractivity contribution in [1.82, 2.24) is 4.98 Å². The summed E-state index contributed by atoms with van der Waals surface area (Å²) in [6, 6.07) is 12.5. The third-order valence-corrected chi connectivity index (χ3v) is 4.79. The van der Waals surface area contributed by atoms with E-state index in [0.717, 1.165) is 11.3 Å². The number of nitrogens with zero attached hydrogens (tertiary/aromatic N) is 2. The normalized spacial score (nSPS) is 10.5. The van der Waals surface area contributed by atoms with E-state index in [-0.39, 0.29) is 28.9 Å². The quantitative estimate of drug-likeness (QED) is 0.563. The molecule has 0 spiro atoms. The molecular weight excluding hydrogens is 391 g/mol. The van der Waals surface area contributed by atoms with Crippen LogP contribution in [0.4, 0.5) is 15.2 Å². The van der Waals surface area contributed by atoms with Gasteiger partial charge in [-0.25, -0.2) is 14.2 Å². The van der Waals surface area contributed by atoms with Gasteiger partial charge in [-0.2, -0.15) is 0 Å². The number of thiazole rings is 1. The zero-order valence-corrected chi connectivity index (χ0v) is 15.8. The number of aromatic nitrogens is 1. The van der Waals surface area contributed by atoms with Crippen LogP contribution >= 0.6 is 22.9 Å². The van der Waals surface area contributed by atoms with Crippen LogP contribution in [0.2, 0.25) is 5.02 Å². The summed E-state index contributed by atoms with van der Waals surface area (Å²) in [6.07, 6.45) is 0. The zero-order chi connectivity index (χ0) is 19.4. The first-order valence-electron chi connectivity index (χ1n) is 7.88. The second-order valence-electron chi connectivity index (χ2n) is 5.48. The van der Waals surface area contributed by atoms with E-state index in [4.69, 9.17) is 16.3 Å². The van der Waals surface area contributed by atoms with Crippen LogP contribution in [0.15, 0.2) is 53.9 Å². The number of para-hydroxylation sites is 1. The highest BCUT2D eigenvalue weighted by Gasteiger charge is 2.21.